The Bertz CT molecular complexity index is 486. The van der Waals surface area contributed by atoms with Crippen molar-refractivity contribution in [2.75, 3.05) is 20.2 Å². The van der Waals surface area contributed by atoms with Gasteiger partial charge in [-0.05, 0) is 51.2 Å². The molecule has 1 aromatic rings. The minimum atomic E-state index is -0.184. The number of nitrogens with one attached hydrogen (secondary N) is 1. The van der Waals surface area contributed by atoms with E-state index in [1.165, 1.54) is 5.56 Å². The fraction of sp³-hybridized carbons (Fsp3) is 0.588. The van der Waals surface area contributed by atoms with Gasteiger partial charge in [0.1, 0.15) is 5.75 Å². The number of carbonyl (C=O) groups is 1. The standard InChI is InChI=1S/C17H26N2O2/c1-17(2,3)18-16(20)19-11-9-13(10-12-19)14-7-5-6-8-15(14)21-4/h5-8,13H,9-12H2,1-4H3,(H,18,20). The summed E-state index contributed by atoms with van der Waals surface area (Å²) in [5.74, 6) is 1.43. The molecule has 0 saturated carbocycles. The molecule has 1 fully saturated rings. The Labute approximate surface area is 127 Å². The summed E-state index contributed by atoms with van der Waals surface area (Å²) in [6, 6.07) is 8.23. The van der Waals surface area contributed by atoms with Crippen LogP contribution >= 0.6 is 0 Å². The van der Waals surface area contributed by atoms with Crippen molar-refractivity contribution < 1.29 is 9.53 Å². The maximum Gasteiger partial charge on any atom is 0.317 e. The first-order chi connectivity index (χ1) is 9.90. The van der Waals surface area contributed by atoms with Crippen LogP contribution in [0.3, 0.4) is 0 Å². The van der Waals surface area contributed by atoms with Gasteiger partial charge in [0.05, 0.1) is 7.11 Å². The van der Waals surface area contributed by atoms with Crippen LogP contribution in [0.5, 0.6) is 5.75 Å². The second kappa shape index (κ2) is 6.37. The van der Waals surface area contributed by atoms with Crippen LogP contribution in [0.15, 0.2) is 24.3 Å². The van der Waals surface area contributed by atoms with Gasteiger partial charge >= 0.3 is 6.03 Å². The van der Waals surface area contributed by atoms with Crippen LogP contribution < -0.4 is 10.1 Å². The van der Waals surface area contributed by atoms with Gasteiger partial charge < -0.3 is 15.0 Å². The molecule has 0 radical (unpaired) electrons. The average molecular weight is 290 g/mol. The van der Waals surface area contributed by atoms with Gasteiger partial charge in [-0.25, -0.2) is 4.79 Å². The lowest BCUT2D eigenvalue weighted by atomic mass is 9.89. The van der Waals surface area contributed by atoms with E-state index >= 15 is 0 Å². The molecule has 0 aliphatic carbocycles. The van der Waals surface area contributed by atoms with Gasteiger partial charge in [-0.3, -0.25) is 0 Å². The third-order valence-corrected chi connectivity index (χ3v) is 3.84. The fourth-order valence-corrected chi connectivity index (χ4v) is 2.80. The van der Waals surface area contributed by atoms with Crippen molar-refractivity contribution in [3.05, 3.63) is 29.8 Å². The van der Waals surface area contributed by atoms with E-state index in [0.717, 1.165) is 31.7 Å². The summed E-state index contributed by atoms with van der Waals surface area (Å²) >= 11 is 0. The predicted molar refractivity (Wildman–Crippen MR) is 84.8 cm³/mol. The minimum Gasteiger partial charge on any atom is -0.496 e. The van der Waals surface area contributed by atoms with Crippen molar-refractivity contribution >= 4 is 6.03 Å². The lowest BCUT2D eigenvalue weighted by molar-refractivity contribution is 0.172. The molecular weight excluding hydrogens is 264 g/mol. The number of ether oxygens (including phenoxy) is 1. The molecule has 116 valence electrons. The normalized spacial score (nSPS) is 16.7. The van der Waals surface area contributed by atoms with Gasteiger partial charge in [0.25, 0.3) is 0 Å². The number of rotatable bonds is 2. The molecule has 1 N–H and O–H groups in total. The summed E-state index contributed by atoms with van der Waals surface area (Å²) in [6.07, 6.45) is 1.97. The molecule has 0 unspecified atom stereocenters. The summed E-state index contributed by atoms with van der Waals surface area (Å²) in [5, 5.41) is 3.03. The van der Waals surface area contributed by atoms with Crippen LogP contribution in [0.2, 0.25) is 0 Å². The summed E-state index contributed by atoms with van der Waals surface area (Å²) in [5.41, 5.74) is 1.08. The summed E-state index contributed by atoms with van der Waals surface area (Å²) in [4.78, 5) is 14.1. The Morgan fingerprint density at radius 1 is 1.24 bits per heavy atom. The first-order valence-corrected chi connectivity index (χ1v) is 7.61. The highest BCUT2D eigenvalue weighted by Gasteiger charge is 2.27. The Balaban J connectivity index is 1.96. The number of benzene rings is 1. The van der Waals surface area contributed by atoms with E-state index in [9.17, 15) is 4.79 Å². The molecule has 21 heavy (non-hydrogen) atoms. The molecule has 1 aliphatic rings. The summed E-state index contributed by atoms with van der Waals surface area (Å²) in [6.45, 7) is 7.61. The predicted octanol–water partition coefficient (Wildman–Crippen LogP) is 3.38. The number of carbonyl (C=O) groups excluding carboxylic acids is 1. The SMILES string of the molecule is COc1ccccc1C1CCN(C(=O)NC(C)(C)C)CC1. The quantitative estimate of drug-likeness (QED) is 0.907. The number of piperidine rings is 1. The van der Waals surface area contributed by atoms with E-state index in [1.807, 2.05) is 37.8 Å². The number of amides is 2. The van der Waals surface area contributed by atoms with Crippen molar-refractivity contribution in [3.63, 3.8) is 0 Å². The molecule has 4 heteroatoms. The minimum absolute atomic E-state index is 0.0426. The van der Waals surface area contributed by atoms with Crippen LogP contribution in [0, 0.1) is 0 Å². The van der Waals surface area contributed by atoms with Crippen LogP contribution in [0.1, 0.15) is 45.1 Å². The second-order valence-electron chi connectivity index (χ2n) is 6.68. The molecule has 1 aliphatic heterocycles. The lowest BCUT2D eigenvalue weighted by Gasteiger charge is -2.34. The smallest absolute Gasteiger partial charge is 0.317 e. The first kappa shape index (κ1) is 15.7. The van der Waals surface area contributed by atoms with E-state index in [-0.39, 0.29) is 11.6 Å². The second-order valence-corrected chi connectivity index (χ2v) is 6.68. The van der Waals surface area contributed by atoms with Crippen molar-refractivity contribution in [2.45, 2.75) is 45.1 Å². The molecule has 0 spiro atoms. The van der Waals surface area contributed by atoms with E-state index < -0.39 is 0 Å². The van der Waals surface area contributed by atoms with Crippen molar-refractivity contribution in [1.82, 2.24) is 10.2 Å². The number of hydrogen-bond donors (Lipinski definition) is 1. The zero-order chi connectivity index (χ0) is 15.5. The summed E-state index contributed by atoms with van der Waals surface area (Å²) < 4.78 is 5.45. The monoisotopic (exact) mass is 290 g/mol. The van der Waals surface area contributed by atoms with Crippen LogP contribution in [0.25, 0.3) is 0 Å². The zero-order valence-corrected chi connectivity index (χ0v) is 13.5. The highest BCUT2D eigenvalue weighted by Crippen LogP contribution is 2.33. The first-order valence-electron chi connectivity index (χ1n) is 7.61. The van der Waals surface area contributed by atoms with Crippen LogP contribution in [-0.2, 0) is 0 Å². The Morgan fingerprint density at radius 3 is 2.43 bits per heavy atom. The van der Waals surface area contributed by atoms with E-state index in [2.05, 4.69) is 17.4 Å². The topological polar surface area (TPSA) is 41.6 Å². The largest absolute Gasteiger partial charge is 0.496 e. The Morgan fingerprint density at radius 2 is 1.86 bits per heavy atom. The third-order valence-electron chi connectivity index (χ3n) is 3.84. The molecule has 1 aromatic carbocycles. The Kier molecular flexibility index (Phi) is 4.76. The van der Waals surface area contributed by atoms with Gasteiger partial charge in [-0.15, -0.1) is 0 Å². The Hall–Kier alpha value is -1.71. The van der Waals surface area contributed by atoms with Crippen LogP contribution in [0.4, 0.5) is 4.79 Å². The highest BCUT2D eigenvalue weighted by molar-refractivity contribution is 5.75. The number of urea groups is 1. The highest BCUT2D eigenvalue weighted by atomic mass is 16.5. The molecule has 2 rings (SSSR count). The molecular formula is C17H26N2O2. The average Bonchev–Trinajstić information content (AvgIpc) is 2.45. The van der Waals surface area contributed by atoms with E-state index in [0.29, 0.717) is 5.92 Å². The van der Waals surface area contributed by atoms with Crippen LogP contribution in [-0.4, -0.2) is 36.7 Å². The molecule has 2 amide bonds. The zero-order valence-electron chi connectivity index (χ0n) is 13.5. The van der Waals surface area contributed by atoms with Gasteiger partial charge in [-0.2, -0.15) is 0 Å². The van der Waals surface area contributed by atoms with Gasteiger partial charge in [0.2, 0.25) is 0 Å². The van der Waals surface area contributed by atoms with Gasteiger partial charge in [0.15, 0.2) is 0 Å². The molecule has 1 heterocycles. The molecule has 0 atom stereocenters. The number of para-hydroxylation sites is 1. The molecule has 0 aromatic heterocycles. The van der Waals surface area contributed by atoms with Crippen molar-refractivity contribution in [1.29, 1.82) is 0 Å². The number of likely N-dealkylation sites (tertiary alicyclic amines) is 1. The van der Waals surface area contributed by atoms with E-state index in [4.69, 9.17) is 4.74 Å². The third kappa shape index (κ3) is 4.13. The fourth-order valence-electron chi connectivity index (χ4n) is 2.80. The molecule has 4 nitrogen and oxygen atoms in total. The van der Waals surface area contributed by atoms with E-state index in [1.54, 1.807) is 7.11 Å². The number of methoxy groups -OCH3 is 1. The lowest BCUT2D eigenvalue weighted by Crippen LogP contribution is -2.50. The van der Waals surface area contributed by atoms with Crippen molar-refractivity contribution in [2.24, 2.45) is 0 Å². The molecule has 0 bridgehead atoms. The maximum absolute atomic E-state index is 12.2. The summed E-state index contributed by atoms with van der Waals surface area (Å²) in [7, 11) is 1.71. The van der Waals surface area contributed by atoms with Gasteiger partial charge in [-0.1, -0.05) is 18.2 Å². The van der Waals surface area contributed by atoms with Gasteiger partial charge in [0, 0.05) is 18.6 Å². The molecule has 1 saturated heterocycles. The number of hydrogen-bond acceptors (Lipinski definition) is 2. The maximum atomic E-state index is 12.2. The number of nitrogens with zero attached hydrogens (tertiary/aromatic N) is 1. The van der Waals surface area contributed by atoms with Crippen molar-refractivity contribution in [3.8, 4) is 5.75 Å².